The van der Waals surface area contributed by atoms with Crippen molar-refractivity contribution in [2.75, 3.05) is 6.61 Å². The van der Waals surface area contributed by atoms with E-state index < -0.39 is 5.97 Å². The van der Waals surface area contributed by atoms with Crippen LogP contribution in [-0.4, -0.2) is 12.6 Å². The first-order valence-electron chi connectivity index (χ1n) is 7.60. The lowest BCUT2D eigenvalue weighted by Crippen LogP contribution is -2.05. The Morgan fingerprint density at radius 2 is 1.96 bits per heavy atom. The maximum Gasteiger partial charge on any atom is 0.349 e. The number of benzene rings is 2. The highest BCUT2D eigenvalue weighted by Gasteiger charge is 2.12. The summed E-state index contributed by atoms with van der Waals surface area (Å²) in [5.41, 5.74) is 0.873. The lowest BCUT2D eigenvalue weighted by Gasteiger charge is -2.03. The molecule has 0 bridgehead atoms. The Bertz CT molecular complexity index is 955. The van der Waals surface area contributed by atoms with Gasteiger partial charge in [-0.05, 0) is 29.8 Å². The third-order valence-electron chi connectivity index (χ3n) is 3.58. The normalized spacial score (nSPS) is 11.2. The number of nitriles is 1. The molecule has 1 heterocycles. The van der Waals surface area contributed by atoms with Gasteiger partial charge in [-0.2, -0.15) is 5.26 Å². The zero-order valence-electron chi connectivity index (χ0n) is 13.2. The minimum absolute atomic E-state index is 0.0873. The molecule has 4 nitrogen and oxygen atoms in total. The fourth-order valence-electron chi connectivity index (χ4n) is 2.50. The van der Waals surface area contributed by atoms with Gasteiger partial charge in [0.05, 0.1) is 6.61 Å². The second-order valence-corrected chi connectivity index (χ2v) is 5.12. The molecule has 0 saturated carbocycles. The first-order chi connectivity index (χ1) is 11.7. The Morgan fingerprint density at radius 1 is 1.17 bits per heavy atom. The number of hydrogen-bond acceptors (Lipinski definition) is 4. The molecule has 3 aromatic rings. The third-order valence-corrected chi connectivity index (χ3v) is 3.58. The van der Waals surface area contributed by atoms with Crippen molar-refractivity contribution in [3.63, 3.8) is 0 Å². The topological polar surface area (TPSA) is 63.2 Å². The molecule has 2 aromatic carbocycles. The van der Waals surface area contributed by atoms with Crippen molar-refractivity contribution in [2.24, 2.45) is 0 Å². The van der Waals surface area contributed by atoms with Gasteiger partial charge in [-0.25, -0.2) is 4.79 Å². The fourth-order valence-corrected chi connectivity index (χ4v) is 2.50. The van der Waals surface area contributed by atoms with Gasteiger partial charge in [0.25, 0.3) is 0 Å². The summed E-state index contributed by atoms with van der Waals surface area (Å²) in [4.78, 5) is 11.7. The third kappa shape index (κ3) is 3.06. The Labute approximate surface area is 139 Å². The minimum Gasteiger partial charge on any atom is -0.462 e. The average molecular weight is 317 g/mol. The molecule has 1 aromatic heterocycles. The molecule has 118 valence electrons. The van der Waals surface area contributed by atoms with Gasteiger partial charge in [-0.1, -0.05) is 42.5 Å². The van der Waals surface area contributed by atoms with Gasteiger partial charge in [-0.15, -0.1) is 0 Å². The SMILES string of the molecule is CCOC(=O)/C(C#N)=C/c1ccc(-c2cccc3ccccc23)o1. The van der Waals surface area contributed by atoms with Crippen LogP contribution in [0.2, 0.25) is 0 Å². The molecular formula is C20H15NO3. The van der Waals surface area contributed by atoms with Crippen LogP contribution in [0.4, 0.5) is 0 Å². The summed E-state index contributed by atoms with van der Waals surface area (Å²) in [7, 11) is 0. The number of ether oxygens (including phenoxy) is 1. The summed E-state index contributed by atoms with van der Waals surface area (Å²) in [6.45, 7) is 1.91. The first kappa shape index (κ1) is 15.6. The number of carbonyl (C=O) groups is 1. The summed E-state index contributed by atoms with van der Waals surface area (Å²) < 4.78 is 10.6. The van der Waals surface area contributed by atoms with E-state index in [0.717, 1.165) is 16.3 Å². The summed E-state index contributed by atoms with van der Waals surface area (Å²) in [6, 6.07) is 19.4. The van der Waals surface area contributed by atoms with Gasteiger partial charge in [0.1, 0.15) is 23.2 Å². The lowest BCUT2D eigenvalue weighted by atomic mass is 10.0. The van der Waals surface area contributed by atoms with Crippen LogP contribution < -0.4 is 0 Å². The molecule has 0 aliphatic heterocycles. The minimum atomic E-state index is -0.650. The van der Waals surface area contributed by atoms with Crippen LogP contribution in [0.25, 0.3) is 28.2 Å². The van der Waals surface area contributed by atoms with Crippen molar-refractivity contribution < 1.29 is 13.9 Å². The largest absolute Gasteiger partial charge is 0.462 e. The Kier molecular flexibility index (Phi) is 4.44. The Balaban J connectivity index is 1.99. The van der Waals surface area contributed by atoms with Gasteiger partial charge in [0, 0.05) is 11.6 Å². The van der Waals surface area contributed by atoms with E-state index in [1.807, 2.05) is 54.6 Å². The molecule has 0 amide bonds. The number of carbonyl (C=O) groups excluding carboxylic acids is 1. The molecule has 0 fully saturated rings. The summed E-state index contributed by atoms with van der Waals surface area (Å²) in [5, 5.41) is 11.3. The molecule has 0 spiro atoms. The monoisotopic (exact) mass is 317 g/mol. The number of furan rings is 1. The van der Waals surface area contributed by atoms with Crippen molar-refractivity contribution in [1.82, 2.24) is 0 Å². The zero-order chi connectivity index (χ0) is 16.9. The smallest absolute Gasteiger partial charge is 0.349 e. The van der Waals surface area contributed by atoms with Crippen molar-refractivity contribution in [3.8, 4) is 17.4 Å². The van der Waals surface area contributed by atoms with E-state index in [4.69, 9.17) is 14.4 Å². The maximum absolute atomic E-state index is 11.7. The Hall–Kier alpha value is -3.32. The highest BCUT2D eigenvalue weighted by Crippen LogP contribution is 2.30. The van der Waals surface area contributed by atoms with E-state index in [2.05, 4.69) is 0 Å². The molecule has 0 radical (unpaired) electrons. The number of nitrogens with zero attached hydrogens (tertiary/aromatic N) is 1. The predicted octanol–water partition coefficient (Wildman–Crippen LogP) is 4.57. The van der Waals surface area contributed by atoms with Crippen LogP contribution in [0, 0.1) is 11.3 Å². The van der Waals surface area contributed by atoms with Crippen molar-refractivity contribution in [1.29, 1.82) is 5.26 Å². The quantitative estimate of drug-likeness (QED) is 0.402. The van der Waals surface area contributed by atoms with E-state index in [1.54, 1.807) is 13.0 Å². The second kappa shape index (κ2) is 6.84. The van der Waals surface area contributed by atoms with Crippen LogP contribution in [0.1, 0.15) is 12.7 Å². The van der Waals surface area contributed by atoms with Gasteiger partial charge >= 0.3 is 5.97 Å². The molecule has 0 unspecified atom stereocenters. The van der Waals surface area contributed by atoms with E-state index in [0.29, 0.717) is 11.5 Å². The van der Waals surface area contributed by atoms with Gasteiger partial charge < -0.3 is 9.15 Å². The zero-order valence-corrected chi connectivity index (χ0v) is 13.2. The number of hydrogen-bond donors (Lipinski definition) is 0. The van der Waals surface area contributed by atoms with E-state index in [9.17, 15) is 4.79 Å². The molecule has 0 saturated heterocycles. The van der Waals surface area contributed by atoms with Gasteiger partial charge in [0.15, 0.2) is 0 Å². The lowest BCUT2D eigenvalue weighted by molar-refractivity contribution is -0.137. The molecule has 24 heavy (non-hydrogen) atoms. The average Bonchev–Trinajstić information content (AvgIpc) is 3.07. The summed E-state index contributed by atoms with van der Waals surface area (Å²) >= 11 is 0. The Morgan fingerprint density at radius 3 is 2.75 bits per heavy atom. The van der Waals surface area contributed by atoms with E-state index in [-0.39, 0.29) is 12.2 Å². The highest BCUT2D eigenvalue weighted by atomic mass is 16.5. The van der Waals surface area contributed by atoms with E-state index >= 15 is 0 Å². The number of rotatable bonds is 4. The molecule has 0 aliphatic rings. The molecule has 4 heteroatoms. The molecule has 0 atom stereocenters. The van der Waals surface area contributed by atoms with Crippen molar-refractivity contribution in [3.05, 3.63) is 65.9 Å². The molecule has 0 aliphatic carbocycles. The van der Waals surface area contributed by atoms with E-state index in [1.165, 1.54) is 6.08 Å². The second-order valence-electron chi connectivity index (χ2n) is 5.12. The summed E-state index contributed by atoms with van der Waals surface area (Å²) in [6.07, 6.45) is 1.40. The fraction of sp³-hybridized carbons (Fsp3) is 0.100. The van der Waals surface area contributed by atoms with Crippen LogP contribution in [0.5, 0.6) is 0 Å². The van der Waals surface area contributed by atoms with Crippen LogP contribution >= 0.6 is 0 Å². The van der Waals surface area contributed by atoms with Crippen molar-refractivity contribution in [2.45, 2.75) is 6.92 Å². The predicted molar refractivity (Wildman–Crippen MR) is 91.9 cm³/mol. The molecule has 3 rings (SSSR count). The summed E-state index contributed by atoms with van der Waals surface area (Å²) in [5.74, 6) is 0.463. The van der Waals surface area contributed by atoms with Crippen LogP contribution in [0.15, 0.2) is 64.6 Å². The highest BCUT2D eigenvalue weighted by molar-refractivity contribution is 5.98. The number of fused-ring (bicyclic) bond motifs is 1. The van der Waals surface area contributed by atoms with Crippen LogP contribution in [0.3, 0.4) is 0 Å². The standard InChI is InChI=1S/C20H15NO3/c1-2-23-20(22)15(13-21)12-16-10-11-19(24-16)18-9-5-7-14-6-3-4-8-17(14)18/h3-12H,2H2,1H3/b15-12+. The van der Waals surface area contributed by atoms with Gasteiger partial charge in [-0.3, -0.25) is 0 Å². The maximum atomic E-state index is 11.7. The molecule has 0 N–H and O–H groups in total. The van der Waals surface area contributed by atoms with Gasteiger partial charge in [0.2, 0.25) is 0 Å². The molecular weight excluding hydrogens is 302 g/mol. The van der Waals surface area contributed by atoms with Crippen LogP contribution in [-0.2, 0) is 9.53 Å². The van der Waals surface area contributed by atoms with Crippen molar-refractivity contribution >= 4 is 22.8 Å². The first-order valence-corrected chi connectivity index (χ1v) is 7.60. The number of esters is 1.